The number of rotatable bonds is 5. The molecule has 0 aromatic carbocycles. The monoisotopic (exact) mass is 298 g/mol. The lowest BCUT2D eigenvalue weighted by atomic mass is 10.2. The minimum atomic E-state index is 0.0507. The van der Waals surface area contributed by atoms with Crippen LogP contribution in [0, 0.1) is 0 Å². The minimum absolute atomic E-state index is 0.0507. The first-order valence-electron chi connectivity index (χ1n) is 8.04. The van der Waals surface area contributed by atoms with Crippen LogP contribution in [0.4, 0.5) is 0 Å². The van der Waals surface area contributed by atoms with Gasteiger partial charge in [0.2, 0.25) is 5.91 Å². The van der Waals surface area contributed by atoms with Gasteiger partial charge in [0.1, 0.15) is 0 Å². The summed E-state index contributed by atoms with van der Waals surface area (Å²) in [6.45, 7) is 2.33. The van der Waals surface area contributed by atoms with Crippen molar-refractivity contribution in [1.82, 2.24) is 20.1 Å². The minimum Gasteiger partial charge on any atom is -0.350 e. The Morgan fingerprint density at radius 1 is 1.36 bits per heavy atom. The number of carbonyl (C=O) groups is 1. The summed E-state index contributed by atoms with van der Waals surface area (Å²) in [6, 6.07) is 8.43. The second kappa shape index (κ2) is 6.73. The van der Waals surface area contributed by atoms with E-state index in [9.17, 15) is 4.79 Å². The van der Waals surface area contributed by atoms with Crippen LogP contribution in [0.1, 0.15) is 50.8 Å². The Hall–Kier alpha value is -2.17. The molecule has 2 aromatic heterocycles. The number of aromatic nitrogens is 3. The van der Waals surface area contributed by atoms with Crippen LogP contribution in [0.3, 0.4) is 0 Å². The van der Waals surface area contributed by atoms with Gasteiger partial charge in [0.15, 0.2) is 0 Å². The molecule has 1 N–H and O–H groups in total. The number of hydrogen-bond donors (Lipinski definition) is 1. The van der Waals surface area contributed by atoms with Crippen molar-refractivity contribution in [2.75, 3.05) is 0 Å². The molecule has 1 saturated carbocycles. The molecule has 3 rings (SSSR count). The standard InChI is InChI=1S/C17H22N4O/c1-2-17(22)19-12-13-11-16(15-9-5-6-10-18-15)21(20-13)14-7-3-4-8-14/h5-6,9-11,14H,2-4,7-8,12H2,1H3,(H,19,22). The van der Waals surface area contributed by atoms with Gasteiger partial charge in [-0.2, -0.15) is 5.10 Å². The maximum absolute atomic E-state index is 11.4. The van der Waals surface area contributed by atoms with Gasteiger partial charge in [-0.3, -0.25) is 14.5 Å². The van der Waals surface area contributed by atoms with Gasteiger partial charge in [0.05, 0.1) is 29.7 Å². The fourth-order valence-corrected chi connectivity index (χ4v) is 2.98. The zero-order valence-electron chi connectivity index (χ0n) is 13.0. The van der Waals surface area contributed by atoms with Crippen LogP contribution >= 0.6 is 0 Å². The van der Waals surface area contributed by atoms with Gasteiger partial charge < -0.3 is 5.32 Å². The topological polar surface area (TPSA) is 59.8 Å². The molecule has 0 saturated heterocycles. The molecule has 2 aromatic rings. The van der Waals surface area contributed by atoms with E-state index in [4.69, 9.17) is 5.10 Å². The number of nitrogens with zero attached hydrogens (tertiary/aromatic N) is 3. The van der Waals surface area contributed by atoms with Gasteiger partial charge in [0.25, 0.3) is 0 Å². The van der Waals surface area contributed by atoms with Gasteiger partial charge in [-0.05, 0) is 31.0 Å². The molecule has 0 radical (unpaired) electrons. The average molecular weight is 298 g/mol. The summed E-state index contributed by atoms with van der Waals surface area (Å²) in [5.41, 5.74) is 2.89. The number of pyridine rings is 1. The van der Waals surface area contributed by atoms with Crippen molar-refractivity contribution < 1.29 is 4.79 Å². The molecule has 1 aliphatic rings. The van der Waals surface area contributed by atoms with Crippen molar-refractivity contribution in [2.45, 2.75) is 51.6 Å². The van der Waals surface area contributed by atoms with Gasteiger partial charge in [-0.15, -0.1) is 0 Å². The molecule has 0 spiro atoms. The van der Waals surface area contributed by atoms with E-state index in [1.54, 1.807) is 6.20 Å². The third-order valence-corrected chi connectivity index (χ3v) is 4.17. The summed E-state index contributed by atoms with van der Waals surface area (Å²) in [7, 11) is 0. The fourth-order valence-electron chi connectivity index (χ4n) is 2.98. The largest absolute Gasteiger partial charge is 0.350 e. The van der Waals surface area contributed by atoms with Gasteiger partial charge in [-0.25, -0.2) is 0 Å². The highest BCUT2D eigenvalue weighted by atomic mass is 16.1. The van der Waals surface area contributed by atoms with Crippen molar-refractivity contribution >= 4 is 5.91 Å². The van der Waals surface area contributed by atoms with E-state index in [-0.39, 0.29) is 5.91 Å². The number of amides is 1. The average Bonchev–Trinajstić information content (AvgIpc) is 3.22. The van der Waals surface area contributed by atoms with Crippen molar-refractivity contribution in [1.29, 1.82) is 0 Å². The molecule has 0 unspecified atom stereocenters. The lowest BCUT2D eigenvalue weighted by molar-refractivity contribution is -0.120. The lowest BCUT2D eigenvalue weighted by Gasteiger charge is -2.13. The smallest absolute Gasteiger partial charge is 0.220 e. The summed E-state index contributed by atoms with van der Waals surface area (Å²) in [6.07, 6.45) is 7.16. The number of nitrogens with one attached hydrogen (secondary N) is 1. The first-order valence-corrected chi connectivity index (χ1v) is 8.04. The molecule has 2 heterocycles. The molecular weight excluding hydrogens is 276 g/mol. The third kappa shape index (κ3) is 3.18. The summed E-state index contributed by atoms with van der Waals surface area (Å²) in [5, 5.41) is 7.63. The molecule has 1 aliphatic carbocycles. The second-order valence-corrected chi connectivity index (χ2v) is 5.75. The molecule has 5 nitrogen and oxygen atoms in total. The van der Waals surface area contributed by atoms with Crippen LogP contribution in [-0.2, 0) is 11.3 Å². The van der Waals surface area contributed by atoms with Crippen molar-refractivity contribution in [2.24, 2.45) is 0 Å². The van der Waals surface area contributed by atoms with Crippen molar-refractivity contribution in [3.8, 4) is 11.4 Å². The molecule has 1 amide bonds. The Morgan fingerprint density at radius 2 is 2.18 bits per heavy atom. The van der Waals surface area contributed by atoms with Crippen molar-refractivity contribution in [3.05, 3.63) is 36.2 Å². The van der Waals surface area contributed by atoms with Crippen LogP contribution in [0.2, 0.25) is 0 Å². The summed E-state index contributed by atoms with van der Waals surface area (Å²) in [4.78, 5) is 15.9. The summed E-state index contributed by atoms with van der Waals surface area (Å²) >= 11 is 0. The van der Waals surface area contributed by atoms with E-state index in [0.29, 0.717) is 19.0 Å². The van der Waals surface area contributed by atoms with Crippen molar-refractivity contribution in [3.63, 3.8) is 0 Å². The molecule has 5 heteroatoms. The lowest BCUT2D eigenvalue weighted by Crippen LogP contribution is -2.21. The van der Waals surface area contributed by atoms with E-state index < -0.39 is 0 Å². The Bertz CT molecular complexity index is 629. The van der Waals surface area contributed by atoms with Gasteiger partial charge in [0, 0.05) is 12.6 Å². The second-order valence-electron chi connectivity index (χ2n) is 5.75. The highest BCUT2D eigenvalue weighted by Gasteiger charge is 2.22. The fraction of sp³-hybridized carbons (Fsp3) is 0.471. The maximum Gasteiger partial charge on any atom is 0.220 e. The number of hydrogen-bond acceptors (Lipinski definition) is 3. The first kappa shape index (κ1) is 14.8. The highest BCUT2D eigenvalue weighted by molar-refractivity contribution is 5.75. The molecular formula is C17H22N4O. The molecule has 0 bridgehead atoms. The number of carbonyl (C=O) groups excluding carboxylic acids is 1. The Balaban J connectivity index is 1.88. The third-order valence-electron chi connectivity index (χ3n) is 4.17. The maximum atomic E-state index is 11.4. The van der Waals surface area contributed by atoms with Crippen LogP contribution in [0.15, 0.2) is 30.5 Å². The van der Waals surface area contributed by atoms with Crippen LogP contribution in [0.25, 0.3) is 11.4 Å². The SMILES string of the molecule is CCC(=O)NCc1cc(-c2ccccn2)n(C2CCCC2)n1. The Morgan fingerprint density at radius 3 is 2.86 bits per heavy atom. The van der Waals surface area contributed by atoms with E-state index in [2.05, 4.69) is 21.0 Å². The molecule has 0 aliphatic heterocycles. The normalized spacial score (nSPS) is 15.1. The molecule has 1 fully saturated rings. The van der Waals surface area contributed by atoms with E-state index >= 15 is 0 Å². The first-order chi connectivity index (χ1) is 10.8. The van der Waals surface area contributed by atoms with E-state index in [0.717, 1.165) is 17.1 Å². The predicted molar refractivity (Wildman–Crippen MR) is 85.1 cm³/mol. The van der Waals surface area contributed by atoms with Crippen LogP contribution in [-0.4, -0.2) is 20.7 Å². The zero-order chi connectivity index (χ0) is 15.4. The quantitative estimate of drug-likeness (QED) is 0.922. The Labute approximate surface area is 130 Å². The molecule has 116 valence electrons. The summed E-state index contributed by atoms with van der Waals surface area (Å²) < 4.78 is 2.11. The van der Waals surface area contributed by atoms with E-state index in [1.807, 2.05) is 25.1 Å². The zero-order valence-corrected chi connectivity index (χ0v) is 13.0. The Kier molecular flexibility index (Phi) is 4.51. The molecule has 22 heavy (non-hydrogen) atoms. The molecule has 0 atom stereocenters. The van der Waals surface area contributed by atoms with Crippen LogP contribution < -0.4 is 5.32 Å². The van der Waals surface area contributed by atoms with Gasteiger partial charge in [-0.1, -0.05) is 25.8 Å². The van der Waals surface area contributed by atoms with Gasteiger partial charge >= 0.3 is 0 Å². The summed E-state index contributed by atoms with van der Waals surface area (Å²) in [5.74, 6) is 0.0507. The van der Waals surface area contributed by atoms with E-state index in [1.165, 1.54) is 25.7 Å². The van der Waals surface area contributed by atoms with Crippen LogP contribution in [0.5, 0.6) is 0 Å². The predicted octanol–water partition coefficient (Wildman–Crippen LogP) is 3.09. The highest BCUT2D eigenvalue weighted by Crippen LogP contribution is 2.33.